The average molecular weight is 673 g/mol. The lowest BCUT2D eigenvalue weighted by Gasteiger charge is -2.40. The van der Waals surface area contributed by atoms with Crippen LogP contribution in [0.4, 0.5) is 26.3 Å². The number of carboxylic acid groups (broad SMARTS) is 1. The monoisotopic (exact) mass is 672 g/mol. The molecule has 0 aromatic rings. The molecular weight excluding hydrogens is 630 g/mol. The predicted molar refractivity (Wildman–Crippen MR) is 147 cm³/mol. The average Bonchev–Trinajstić information content (AvgIpc) is 3.36. The van der Waals surface area contributed by atoms with E-state index in [1.807, 2.05) is 0 Å². The standard InChI is InChI=1S/C25H42F6N4O6S2/c26-24(27,28)18(15-3-1-2-4-15)5-9-43(35,40)12-8-21(33)23(38)41-17-13-16(14-17)19(25(29,30)31)6-10-42(34,39)11-7-20(32)22(36)37/h15-21,34-35H,1-14,32-33H2,(H,36,37)/t16?,17?,18?,19?,20-,21-,42?,43?/m0/s1. The molecule has 0 bridgehead atoms. The third kappa shape index (κ3) is 12.3. The Morgan fingerprint density at radius 3 is 1.58 bits per heavy atom. The number of carbonyl (C=O) groups excluding carboxylic acids is 1. The van der Waals surface area contributed by atoms with Crippen LogP contribution in [0.2, 0.25) is 0 Å². The Hall–Kier alpha value is -1.66. The second-order valence-electron chi connectivity index (χ2n) is 11.8. The highest BCUT2D eigenvalue weighted by atomic mass is 32.2. The van der Waals surface area contributed by atoms with E-state index in [1.165, 1.54) is 0 Å². The largest absolute Gasteiger partial charge is 0.480 e. The van der Waals surface area contributed by atoms with Crippen LogP contribution >= 0.6 is 0 Å². The summed E-state index contributed by atoms with van der Waals surface area (Å²) in [5.41, 5.74) is 11.1. The van der Waals surface area contributed by atoms with Gasteiger partial charge in [0.15, 0.2) is 0 Å². The Bertz CT molecular complexity index is 1150. The Balaban J connectivity index is 1.81. The summed E-state index contributed by atoms with van der Waals surface area (Å²) in [7, 11) is -6.98. The molecule has 0 aliphatic heterocycles. The summed E-state index contributed by atoms with van der Waals surface area (Å²) >= 11 is 0. The van der Waals surface area contributed by atoms with Gasteiger partial charge in [-0.25, -0.2) is 8.42 Å². The van der Waals surface area contributed by atoms with Crippen LogP contribution in [0.15, 0.2) is 0 Å². The van der Waals surface area contributed by atoms with Crippen molar-refractivity contribution in [2.75, 3.05) is 23.0 Å². The van der Waals surface area contributed by atoms with E-state index in [0.717, 1.165) is 0 Å². The minimum absolute atomic E-state index is 0.166. The summed E-state index contributed by atoms with van der Waals surface area (Å²) in [5, 5.41) is 8.77. The minimum atomic E-state index is -4.68. The smallest absolute Gasteiger partial charge is 0.392 e. The van der Waals surface area contributed by atoms with Crippen molar-refractivity contribution in [3.8, 4) is 0 Å². The quantitative estimate of drug-likeness (QED) is 0.112. The molecule has 2 rings (SSSR count). The van der Waals surface area contributed by atoms with E-state index in [-0.39, 0.29) is 25.7 Å². The van der Waals surface area contributed by atoms with Crippen molar-refractivity contribution in [1.29, 1.82) is 9.56 Å². The first-order chi connectivity index (χ1) is 19.6. The van der Waals surface area contributed by atoms with Crippen LogP contribution in [-0.4, -0.2) is 79.0 Å². The Kier molecular flexibility index (Phi) is 13.2. The van der Waals surface area contributed by atoms with Crippen LogP contribution in [0.5, 0.6) is 0 Å². The van der Waals surface area contributed by atoms with Gasteiger partial charge >= 0.3 is 24.3 Å². The van der Waals surface area contributed by atoms with Crippen molar-refractivity contribution in [2.24, 2.45) is 35.1 Å². The van der Waals surface area contributed by atoms with Gasteiger partial charge < -0.3 is 21.3 Å². The zero-order valence-electron chi connectivity index (χ0n) is 23.7. The number of rotatable bonds is 17. The van der Waals surface area contributed by atoms with Crippen molar-refractivity contribution >= 4 is 31.4 Å². The topological polar surface area (TPSA) is 197 Å². The van der Waals surface area contributed by atoms with E-state index in [2.05, 4.69) is 0 Å². The first-order valence-electron chi connectivity index (χ1n) is 14.2. The number of nitrogens with one attached hydrogen (secondary N) is 2. The fraction of sp³-hybridized carbons (Fsp3) is 0.920. The molecule has 0 saturated heterocycles. The third-order valence-corrected chi connectivity index (χ3v) is 12.0. The summed E-state index contributed by atoms with van der Waals surface area (Å²) in [6, 6.07) is -2.74. The second kappa shape index (κ2) is 15.1. The summed E-state index contributed by atoms with van der Waals surface area (Å²) in [4.78, 5) is 23.1. The second-order valence-corrected chi connectivity index (χ2v) is 16.7. The molecule has 0 spiro atoms. The van der Waals surface area contributed by atoms with Gasteiger partial charge in [-0.05, 0) is 63.2 Å². The number of nitrogens with two attached hydrogens (primary N) is 2. The lowest BCUT2D eigenvalue weighted by atomic mass is 9.72. The van der Waals surface area contributed by atoms with Crippen LogP contribution in [0, 0.1) is 33.2 Å². The Labute approximate surface area is 248 Å². The molecule has 2 aliphatic carbocycles. The predicted octanol–water partition coefficient (Wildman–Crippen LogP) is 4.25. The van der Waals surface area contributed by atoms with Crippen molar-refractivity contribution < 1.29 is 54.2 Å². The number of aliphatic carboxylic acids is 1. The highest BCUT2D eigenvalue weighted by Gasteiger charge is 2.50. The van der Waals surface area contributed by atoms with Crippen molar-refractivity contribution in [3.05, 3.63) is 0 Å². The summed E-state index contributed by atoms with van der Waals surface area (Å²) in [6.07, 6.45) is -9.82. The molecule has 2 saturated carbocycles. The number of carbonyl (C=O) groups is 2. The van der Waals surface area contributed by atoms with E-state index in [9.17, 15) is 44.3 Å². The lowest BCUT2D eigenvalue weighted by molar-refractivity contribution is -0.208. The van der Waals surface area contributed by atoms with E-state index in [1.54, 1.807) is 0 Å². The molecule has 7 N–H and O–H groups in total. The first kappa shape index (κ1) is 37.5. The van der Waals surface area contributed by atoms with Crippen LogP contribution < -0.4 is 11.5 Å². The molecule has 4 unspecified atom stereocenters. The normalized spacial score (nSPS) is 25.5. The number of ether oxygens (including phenoxy) is 1. The van der Waals surface area contributed by atoms with E-state index in [0.29, 0.717) is 25.7 Å². The molecule has 252 valence electrons. The zero-order valence-corrected chi connectivity index (χ0v) is 25.3. The van der Waals surface area contributed by atoms with E-state index in [4.69, 9.17) is 30.9 Å². The molecule has 0 heterocycles. The van der Waals surface area contributed by atoms with Crippen LogP contribution in [-0.2, 0) is 33.8 Å². The van der Waals surface area contributed by atoms with Crippen molar-refractivity contribution in [3.63, 3.8) is 0 Å². The van der Waals surface area contributed by atoms with E-state index < -0.39 is 121 Å². The van der Waals surface area contributed by atoms with E-state index >= 15 is 0 Å². The molecule has 10 nitrogen and oxygen atoms in total. The fourth-order valence-corrected chi connectivity index (χ4v) is 8.64. The highest BCUT2D eigenvalue weighted by molar-refractivity contribution is 7.92. The highest BCUT2D eigenvalue weighted by Crippen LogP contribution is 2.46. The summed E-state index contributed by atoms with van der Waals surface area (Å²) in [5.74, 6) is -9.43. The summed E-state index contributed by atoms with van der Waals surface area (Å²) in [6.45, 7) is 0. The maximum absolute atomic E-state index is 13.7. The Morgan fingerprint density at radius 2 is 1.16 bits per heavy atom. The van der Waals surface area contributed by atoms with Crippen LogP contribution in [0.3, 0.4) is 0 Å². The maximum atomic E-state index is 13.7. The van der Waals surface area contributed by atoms with Gasteiger partial charge in [0.2, 0.25) is 0 Å². The summed E-state index contributed by atoms with van der Waals surface area (Å²) < 4.78 is 127. The number of alkyl halides is 6. The number of esters is 1. The van der Waals surface area contributed by atoms with Crippen LogP contribution in [0.25, 0.3) is 0 Å². The van der Waals surface area contributed by atoms with Crippen molar-refractivity contribution in [1.82, 2.24) is 0 Å². The van der Waals surface area contributed by atoms with Gasteiger partial charge in [-0.15, -0.1) is 0 Å². The molecule has 6 atom stereocenters. The molecule has 0 aromatic carbocycles. The third-order valence-electron chi connectivity index (χ3n) is 8.45. The number of carboxylic acids is 1. The molecule has 18 heteroatoms. The molecule has 2 fully saturated rings. The molecule has 0 aromatic heterocycles. The van der Waals surface area contributed by atoms with Gasteiger partial charge in [-0.2, -0.15) is 26.3 Å². The Morgan fingerprint density at radius 1 is 0.767 bits per heavy atom. The zero-order chi connectivity index (χ0) is 32.8. The molecular formula is C25H42F6N4O6S2. The molecule has 2 aliphatic rings. The number of hydrogen-bond acceptors (Lipinski definition) is 9. The maximum Gasteiger partial charge on any atom is 0.392 e. The van der Waals surface area contributed by atoms with Gasteiger partial charge in [0.05, 0.1) is 11.8 Å². The molecule has 0 amide bonds. The number of hydrogen-bond donors (Lipinski definition) is 5. The minimum Gasteiger partial charge on any atom is -0.480 e. The SMILES string of the molecule is N=S(=O)(CCC(C1CC(OC(=O)[C@@H](N)CCS(=N)(=O)CCC(C2CCCC2)C(F)(F)F)C1)C(F)(F)F)CC[C@H](N)C(=O)O. The fourth-order valence-electron chi connectivity index (χ4n) is 5.69. The molecule has 43 heavy (non-hydrogen) atoms. The van der Waals surface area contributed by atoms with Gasteiger partial charge in [0, 0.05) is 42.5 Å². The van der Waals surface area contributed by atoms with Crippen molar-refractivity contribution in [2.45, 2.75) is 94.7 Å². The van der Waals surface area contributed by atoms with Gasteiger partial charge in [0.1, 0.15) is 18.2 Å². The number of halogens is 6. The molecule has 0 radical (unpaired) electrons. The van der Waals surface area contributed by atoms with Gasteiger partial charge in [-0.3, -0.25) is 19.1 Å². The first-order valence-corrected chi connectivity index (χ1v) is 18.0. The van der Waals surface area contributed by atoms with Crippen LogP contribution in [0.1, 0.15) is 64.2 Å². The lowest BCUT2D eigenvalue weighted by Crippen LogP contribution is -2.45. The van der Waals surface area contributed by atoms with Gasteiger partial charge in [0.25, 0.3) is 0 Å². The van der Waals surface area contributed by atoms with Gasteiger partial charge in [-0.1, -0.05) is 12.8 Å².